The summed E-state index contributed by atoms with van der Waals surface area (Å²) >= 11 is 0. The Bertz CT molecular complexity index is 719. The fraction of sp³-hybridized carbons (Fsp3) is 0.467. The maximum Gasteiger partial charge on any atom is 0.312 e. The number of rotatable bonds is 9. The molecule has 0 spiro atoms. The van der Waals surface area contributed by atoms with Crippen LogP contribution in [0.15, 0.2) is 23.1 Å². The van der Waals surface area contributed by atoms with Crippen molar-refractivity contribution in [1.29, 1.82) is 0 Å². The van der Waals surface area contributed by atoms with Crippen LogP contribution in [0.1, 0.15) is 19.3 Å². The van der Waals surface area contributed by atoms with Gasteiger partial charge in [-0.2, -0.15) is 0 Å². The lowest BCUT2D eigenvalue weighted by Crippen LogP contribution is -2.30. The molecule has 0 heterocycles. The van der Waals surface area contributed by atoms with E-state index in [0.29, 0.717) is 25.1 Å². The molecule has 1 aromatic carbocycles. The molecule has 0 saturated carbocycles. The molecule has 3 amide bonds. The van der Waals surface area contributed by atoms with Crippen molar-refractivity contribution in [1.82, 2.24) is 9.62 Å². The van der Waals surface area contributed by atoms with E-state index in [9.17, 15) is 18.0 Å². The van der Waals surface area contributed by atoms with Gasteiger partial charge in [-0.15, -0.1) is 0 Å². The van der Waals surface area contributed by atoms with Gasteiger partial charge in [-0.25, -0.2) is 17.5 Å². The molecule has 0 fully saturated rings. The van der Waals surface area contributed by atoms with Gasteiger partial charge in [0.05, 0.1) is 17.7 Å². The standard InChI is InChI=1S/C15H24N4O5S/c1-19(2)25(22,23)11-7-8-13(24-3)12(10-11)18-14(20)6-4-5-9-17-15(16)21/h7-8,10H,4-6,9H2,1-3H3,(H,18,20)(H3,16,17,21). The van der Waals surface area contributed by atoms with Gasteiger partial charge in [-0.05, 0) is 31.0 Å². The first-order valence-electron chi connectivity index (χ1n) is 7.62. The summed E-state index contributed by atoms with van der Waals surface area (Å²) in [6, 6.07) is 3.66. The molecule has 0 unspecified atom stereocenters. The van der Waals surface area contributed by atoms with E-state index in [0.717, 1.165) is 4.31 Å². The number of carbonyl (C=O) groups excluding carboxylic acids is 2. The minimum atomic E-state index is -3.62. The summed E-state index contributed by atoms with van der Waals surface area (Å²) in [5, 5.41) is 5.09. The van der Waals surface area contributed by atoms with Gasteiger partial charge in [0.25, 0.3) is 0 Å². The smallest absolute Gasteiger partial charge is 0.312 e. The SMILES string of the molecule is COc1ccc(S(=O)(=O)N(C)C)cc1NC(=O)CCCCNC(N)=O. The van der Waals surface area contributed by atoms with Crippen LogP contribution in [0.3, 0.4) is 0 Å². The number of primary amides is 1. The Labute approximate surface area is 147 Å². The second-order valence-electron chi connectivity index (χ2n) is 5.45. The summed E-state index contributed by atoms with van der Waals surface area (Å²) in [5.74, 6) is 0.0817. The first kappa shape index (κ1) is 20.7. The Hall–Kier alpha value is -2.33. The third-order valence-electron chi connectivity index (χ3n) is 3.35. The number of unbranched alkanes of at least 4 members (excludes halogenated alkanes) is 1. The summed E-state index contributed by atoms with van der Waals surface area (Å²) in [5.41, 5.74) is 5.23. The fourth-order valence-corrected chi connectivity index (χ4v) is 2.92. The highest BCUT2D eigenvalue weighted by atomic mass is 32.2. The predicted octanol–water partition coefficient (Wildman–Crippen LogP) is 0.723. The molecule has 1 rings (SSSR count). The Morgan fingerprint density at radius 2 is 1.92 bits per heavy atom. The predicted molar refractivity (Wildman–Crippen MR) is 93.9 cm³/mol. The van der Waals surface area contributed by atoms with Gasteiger partial charge in [0.2, 0.25) is 15.9 Å². The fourth-order valence-electron chi connectivity index (χ4n) is 1.99. The molecule has 10 heteroatoms. The Morgan fingerprint density at radius 1 is 1.24 bits per heavy atom. The number of sulfonamides is 1. The minimum Gasteiger partial charge on any atom is -0.495 e. The second kappa shape index (κ2) is 9.23. The van der Waals surface area contributed by atoms with Crippen LogP contribution in [-0.2, 0) is 14.8 Å². The zero-order valence-corrected chi connectivity index (χ0v) is 15.4. The molecule has 0 atom stereocenters. The number of carbonyl (C=O) groups is 2. The molecule has 9 nitrogen and oxygen atoms in total. The largest absolute Gasteiger partial charge is 0.495 e. The van der Waals surface area contributed by atoms with Crippen molar-refractivity contribution in [2.45, 2.75) is 24.2 Å². The molecule has 0 bridgehead atoms. The number of methoxy groups -OCH3 is 1. The second-order valence-corrected chi connectivity index (χ2v) is 7.60. The van der Waals surface area contributed by atoms with Gasteiger partial charge in [0.1, 0.15) is 5.75 Å². The lowest BCUT2D eigenvalue weighted by Gasteiger charge is -2.15. The van der Waals surface area contributed by atoms with Crippen LogP contribution in [0.25, 0.3) is 0 Å². The summed E-state index contributed by atoms with van der Waals surface area (Å²) in [6.45, 7) is 0.391. The number of benzene rings is 1. The molecule has 1 aromatic rings. The Morgan fingerprint density at radius 3 is 2.48 bits per heavy atom. The topological polar surface area (TPSA) is 131 Å². The number of nitrogens with two attached hydrogens (primary N) is 1. The highest BCUT2D eigenvalue weighted by Gasteiger charge is 2.19. The van der Waals surface area contributed by atoms with Gasteiger partial charge < -0.3 is 21.1 Å². The van der Waals surface area contributed by atoms with Gasteiger partial charge >= 0.3 is 6.03 Å². The summed E-state index contributed by atoms with van der Waals surface area (Å²) < 4.78 is 30.6. The van der Waals surface area contributed by atoms with E-state index in [1.165, 1.54) is 39.4 Å². The molecule has 4 N–H and O–H groups in total. The van der Waals surface area contributed by atoms with Crippen LogP contribution in [0.2, 0.25) is 0 Å². The summed E-state index contributed by atoms with van der Waals surface area (Å²) in [4.78, 5) is 22.6. The van der Waals surface area contributed by atoms with Crippen molar-refractivity contribution in [3.05, 3.63) is 18.2 Å². The summed E-state index contributed by atoms with van der Waals surface area (Å²) in [6.07, 6.45) is 1.36. The van der Waals surface area contributed by atoms with Gasteiger partial charge in [0.15, 0.2) is 0 Å². The number of nitrogens with zero attached hydrogens (tertiary/aromatic N) is 1. The molecule has 0 saturated heterocycles. The van der Waals surface area contributed by atoms with Crippen LogP contribution in [-0.4, -0.2) is 52.4 Å². The number of hydrogen-bond donors (Lipinski definition) is 3. The van der Waals surface area contributed by atoms with Crippen LogP contribution in [0.5, 0.6) is 5.75 Å². The van der Waals surface area contributed by atoms with E-state index in [4.69, 9.17) is 10.5 Å². The highest BCUT2D eigenvalue weighted by Crippen LogP contribution is 2.28. The maximum absolute atomic E-state index is 12.2. The highest BCUT2D eigenvalue weighted by molar-refractivity contribution is 7.89. The Kier molecular flexibility index (Phi) is 7.65. The average Bonchev–Trinajstić information content (AvgIpc) is 2.53. The number of ether oxygens (including phenoxy) is 1. The maximum atomic E-state index is 12.2. The molecule has 0 radical (unpaired) electrons. The van der Waals surface area contributed by atoms with Crippen molar-refractivity contribution < 1.29 is 22.7 Å². The van der Waals surface area contributed by atoms with Crippen molar-refractivity contribution in [2.24, 2.45) is 5.73 Å². The zero-order valence-electron chi connectivity index (χ0n) is 14.5. The third kappa shape index (κ3) is 6.24. The number of amides is 3. The number of nitrogens with one attached hydrogen (secondary N) is 2. The zero-order chi connectivity index (χ0) is 19.0. The molecule has 25 heavy (non-hydrogen) atoms. The van der Waals surface area contributed by atoms with E-state index >= 15 is 0 Å². The number of hydrogen-bond acceptors (Lipinski definition) is 5. The normalized spacial score (nSPS) is 11.2. The van der Waals surface area contributed by atoms with Crippen LogP contribution in [0, 0.1) is 0 Å². The van der Waals surface area contributed by atoms with Gasteiger partial charge in [-0.3, -0.25) is 4.79 Å². The molecule has 0 aromatic heterocycles. The van der Waals surface area contributed by atoms with Crippen LogP contribution in [0.4, 0.5) is 10.5 Å². The number of urea groups is 1. The average molecular weight is 372 g/mol. The quantitative estimate of drug-likeness (QED) is 0.550. The first-order chi connectivity index (χ1) is 11.7. The molecule has 140 valence electrons. The molecular weight excluding hydrogens is 348 g/mol. The monoisotopic (exact) mass is 372 g/mol. The third-order valence-corrected chi connectivity index (χ3v) is 5.16. The van der Waals surface area contributed by atoms with E-state index in [2.05, 4.69) is 10.6 Å². The van der Waals surface area contributed by atoms with Crippen LogP contribution >= 0.6 is 0 Å². The van der Waals surface area contributed by atoms with Gasteiger partial charge in [0, 0.05) is 27.1 Å². The lowest BCUT2D eigenvalue weighted by molar-refractivity contribution is -0.116. The van der Waals surface area contributed by atoms with Crippen molar-refractivity contribution in [3.63, 3.8) is 0 Å². The van der Waals surface area contributed by atoms with E-state index in [1.807, 2.05) is 0 Å². The van der Waals surface area contributed by atoms with Crippen molar-refractivity contribution in [3.8, 4) is 5.75 Å². The molecule has 0 aliphatic rings. The number of anilines is 1. The van der Waals surface area contributed by atoms with E-state index in [1.54, 1.807) is 0 Å². The first-order valence-corrected chi connectivity index (χ1v) is 9.06. The molecule has 0 aliphatic heterocycles. The molecule has 0 aliphatic carbocycles. The van der Waals surface area contributed by atoms with Crippen molar-refractivity contribution >= 4 is 27.6 Å². The van der Waals surface area contributed by atoms with E-state index in [-0.39, 0.29) is 22.9 Å². The lowest BCUT2D eigenvalue weighted by atomic mass is 10.2. The van der Waals surface area contributed by atoms with Crippen LogP contribution < -0.4 is 21.1 Å². The van der Waals surface area contributed by atoms with Crippen molar-refractivity contribution in [2.75, 3.05) is 33.1 Å². The minimum absolute atomic E-state index is 0.0549. The molecular formula is C15H24N4O5S. The van der Waals surface area contributed by atoms with E-state index < -0.39 is 16.1 Å². The Balaban J connectivity index is 2.76. The summed E-state index contributed by atoms with van der Waals surface area (Å²) in [7, 11) is 0.670. The van der Waals surface area contributed by atoms with Gasteiger partial charge in [-0.1, -0.05) is 0 Å².